The molecule has 0 spiro atoms. The van der Waals surface area contributed by atoms with Gasteiger partial charge in [0.1, 0.15) is 12.4 Å². The highest BCUT2D eigenvalue weighted by atomic mass is 35.5. The number of primary amides is 1. The van der Waals surface area contributed by atoms with Gasteiger partial charge in [0, 0.05) is 35.7 Å². The molecule has 220 valence electrons. The Morgan fingerprint density at radius 3 is 2.67 bits per heavy atom. The zero-order chi connectivity index (χ0) is 30.4. The summed E-state index contributed by atoms with van der Waals surface area (Å²) in [6, 6.07) is 9.64. The summed E-state index contributed by atoms with van der Waals surface area (Å²) < 4.78 is 15.5. The van der Waals surface area contributed by atoms with Gasteiger partial charge >= 0.3 is 0 Å². The van der Waals surface area contributed by atoms with Crippen LogP contribution in [0.1, 0.15) is 46.8 Å². The molecule has 0 aliphatic heterocycles. The smallest absolute Gasteiger partial charge is 0.269 e. The number of benzene rings is 1. The molecule has 0 bridgehead atoms. The fourth-order valence-electron chi connectivity index (χ4n) is 4.51. The van der Waals surface area contributed by atoms with Gasteiger partial charge in [-0.2, -0.15) is 5.10 Å². The Bertz CT molecular complexity index is 1570. The Morgan fingerprint density at radius 2 is 1.98 bits per heavy atom. The molecule has 3 aromatic rings. The van der Waals surface area contributed by atoms with Gasteiger partial charge in [0.15, 0.2) is 5.69 Å². The second-order valence-electron chi connectivity index (χ2n) is 10.1. The van der Waals surface area contributed by atoms with Crippen molar-refractivity contribution in [2.45, 2.75) is 39.4 Å². The van der Waals surface area contributed by atoms with Crippen LogP contribution in [0.3, 0.4) is 0 Å². The fraction of sp³-hybridized carbons (Fsp3) is 0.310. The number of nitrogens with zero attached hydrogens (tertiary/aromatic N) is 4. The first-order valence-electron chi connectivity index (χ1n) is 13.3. The van der Waals surface area contributed by atoms with Gasteiger partial charge in [-0.25, -0.2) is 4.39 Å². The summed E-state index contributed by atoms with van der Waals surface area (Å²) in [7, 11) is 0. The van der Waals surface area contributed by atoms with Crippen molar-refractivity contribution in [2.24, 2.45) is 11.7 Å². The van der Waals surface area contributed by atoms with E-state index in [1.54, 1.807) is 50.4 Å². The number of halogens is 2. The van der Waals surface area contributed by atoms with Crippen LogP contribution in [0.25, 0.3) is 10.9 Å². The van der Waals surface area contributed by atoms with Crippen molar-refractivity contribution in [1.82, 2.24) is 30.3 Å². The number of fused-ring (bicyclic) bond motifs is 1. The van der Waals surface area contributed by atoms with E-state index in [0.717, 1.165) is 0 Å². The van der Waals surface area contributed by atoms with E-state index in [4.69, 9.17) is 17.3 Å². The molecule has 1 unspecified atom stereocenters. The third kappa shape index (κ3) is 7.19. The standard InChI is InChI=1S/C29H31ClFN7O4/c1-17(2)37(15-24(39)34-13-19-6-5-8-22(30)26(19)31)25(40)16-38-23-10-9-18(12-21(23)27(36-38)28(32)41)29(42)35-14-20-7-3-4-11-33-20/h3-5,7-12,17,19H,6,13-16H2,1-2H3,(H2,32,41)(H,34,39)(H,35,42). The summed E-state index contributed by atoms with van der Waals surface area (Å²) >= 11 is 5.84. The van der Waals surface area contributed by atoms with E-state index in [1.165, 1.54) is 21.7 Å². The van der Waals surface area contributed by atoms with Gasteiger partial charge in [0.25, 0.3) is 11.8 Å². The monoisotopic (exact) mass is 595 g/mol. The molecule has 4 amide bonds. The second kappa shape index (κ2) is 13.4. The molecule has 13 heteroatoms. The number of hydrogen-bond acceptors (Lipinski definition) is 6. The van der Waals surface area contributed by atoms with Crippen molar-refractivity contribution >= 4 is 46.1 Å². The van der Waals surface area contributed by atoms with Crippen LogP contribution >= 0.6 is 11.6 Å². The van der Waals surface area contributed by atoms with E-state index in [2.05, 4.69) is 20.7 Å². The van der Waals surface area contributed by atoms with Crippen LogP contribution in [0.5, 0.6) is 0 Å². The summed E-state index contributed by atoms with van der Waals surface area (Å²) in [4.78, 5) is 56.5. The number of pyridine rings is 1. The van der Waals surface area contributed by atoms with Crippen molar-refractivity contribution in [1.29, 1.82) is 0 Å². The van der Waals surface area contributed by atoms with E-state index in [1.807, 2.05) is 6.07 Å². The maximum absolute atomic E-state index is 14.2. The first kappa shape index (κ1) is 30.4. The minimum absolute atomic E-state index is 0.0125. The van der Waals surface area contributed by atoms with Gasteiger partial charge in [-0.05, 0) is 56.7 Å². The molecule has 1 aliphatic carbocycles. The van der Waals surface area contributed by atoms with Crippen LogP contribution in [0.15, 0.2) is 65.6 Å². The Hall–Kier alpha value is -4.58. The first-order valence-corrected chi connectivity index (χ1v) is 13.7. The van der Waals surface area contributed by atoms with Crippen molar-refractivity contribution in [2.75, 3.05) is 13.1 Å². The number of nitrogens with two attached hydrogens (primary N) is 1. The largest absolute Gasteiger partial charge is 0.364 e. The summed E-state index contributed by atoms with van der Waals surface area (Å²) in [5.74, 6) is -3.16. The lowest BCUT2D eigenvalue weighted by Crippen LogP contribution is -2.46. The molecule has 4 N–H and O–H groups in total. The molecule has 1 aliphatic rings. The number of hydrogen-bond donors (Lipinski definition) is 3. The molecule has 1 atom stereocenters. The fourth-order valence-corrected chi connectivity index (χ4v) is 4.75. The van der Waals surface area contributed by atoms with Crippen LogP contribution in [0, 0.1) is 5.92 Å². The maximum Gasteiger partial charge on any atom is 0.269 e. The van der Waals surface area contributed by atoms with Gasteiger partial charge in [-0.15, -0.1) is 0 Å². The van der Waals surface area contributed by atoms with E-state index in [9.17, 15) is 23.6 Å². The predicted octanol–water partition coefficient (Wildman–Crippen LogP) is 2.81. The molecule has 11 nitrogen and oxygen atoms in total. The van der Waals surface area contributed by atoms with Crippen molar-refractivity contribution < 1.29 is 23.6 Å². The Morgan fingerprint density at radius 1 is 1.19 bits per heavy atom. The Labute approximate surface area is 246 Å². The molecule has 0 radical (unpaired) electrons. The SMILES string of the molecule is CC(C)N(CC(=O)NCC1CC=CC(Cl)=C1F)C(=O)Cn1nc(C(N)=O)c2cc(C(=O)NCc3ccccn3)ccc21. The summed E-state index contributed by atoms with van der Waals surface area (Å²) in [5, 5.41) is 10.0. The average Bonchev–Trinajstić information content (AvgIpc) is 3.33. The zero-order valence-corrected chi connectivity index (χ0v) is 23.9. The Kier molecular flexibility index (Phi) is 9.68. The number of allylic oxidation sites excluding steroid dienone is 3. The zero-order valence-electron chi connectivity index (χ0n) is 23.1. The lowest BCUT2D eigenvalue weighted by molar-refractivity contribution is -0.138. The second-order valence-corrected chi connectivity index (χ2v) is 10.5. The lowest BCUT2D eigenvalue weighted by atomic mass is 9.99. The predicted molar refractivity (Wildman–Crippen MR) is 155 cm³/mol. The number of rotatable bonds is 11. The number of aromatic nitrogens is 3. The third-order valence-corrected chi connectivity index (χ3v) is 7.07. The average molecular weight is 596 g/mol. The van der Waals surface area contributed by atoms with Gasteiger partial charge in [-0.3, -0.25) is 28.8 Å². The normalized spacial score (nSPS) is 14.7. The van der Waals surface area contributed by atoms with Crippen LogP contribution in [-0.4, -0.2) is 62.4 Å². The van der Waals surface area contributed by atoms with E-state index < -0.39 is 29.5 Å². The molecule has 0 fully saturated rings. The number of carbonyl (C=O) groups excluding carboxylic acids is 4. The maximum atomic E-state index is 14.2. The molecular formula is C29H31ClFN7O4. The molecule has 42 heavy (non-hydrogen) atoms. The minimum atomic E-state index is -0.823. The first-order chi connectivity index (χ1) is 20.0. The van der Waals surface area contributed by atoms with E-state index in [-0.39, 0.29) is 54.4 Å². The third-order valence-electron chi connectivity index (χ3n) is 6.76. The van der Waals surface area contributed by atoms with Crippen molar-refractivity contribution in [3.63, 3.8) is 0 Å². The molecule has 2 heterocycles. The highest BCUT2D eigenvalue weighted by Crippen LogP contribution is 2.28. The van der Waals surface area contributed by atoms with Crippen LogP contribution in [0.4, 0.5) is 4.39 Å². The summed E-state index contributed by atoms with van der Waals surface area (Å²) in [6.45, 7) is 3.20. The van der Waals surface area contributed by atoms with Gasteiger partial charge < -0.3 is 21.3 Å². The lowest BCUT2D eigenvalue weighted by Gasteiger charge is -2.27. The van der Waals surface area contributed by atoms with E-state index >= 15 is 0 Å². The van der Waals surface area contributed by atoms with Crippen LogP contribution in [0.2, 0.25) is 0 Å². The molecule has 2 aromatic heterocycles. The highest BCUT2D eigenvalue weighted by Gasteiger charge is 2.25. The molecule has 0 saturated heterocycles. The quantitative estimate of drug-likeness (QED) is 0.310. The molecule has 1 aromatic carbocycles. The van der Waals surface area contributed by atoms with Gasteiger partial charge in [0.2, 0.25) is 11.8 Å². The van der Waals surface area contributed by atoms with Gasteiger partial charge in [-0.1, -0.05) is 23.7 Å². The number of amides is 4. The molecule has 4 rings (SSSR count). The summed E-state index contributed by atoms with van der Waals surface area (Å²) in [6.07, 6.45) is 5.24. The van der Waals surface area contributed by atoms with E-state index in [0.29, 0.717) is 23.0 Å². The summed E-state index contributed by atoms with van der Waals surface area (Å²) in [5.41, 5.74) is 6.83. The van der Waals surface area contributed by atoms with Crippen LogP contribution in [-0.2, 0) is 22.7 Å². The minimum Gasteiger partial charge on any atom is -0.364 e. The topological polar surface area (TPSA) is 152 Å². The van der Waals surface area contributed by atoms with Crippen LogP contribution < -0.4 is 16.4 Å². The number of nitrogens with one attached hydrogen (secondary N) is 2. The van der Waals surface area contributed by atoms with Crippen molar-refractivity contribution in [3.05, 3.63) is 82.6 Å². The molecular weight excluding hydrogens is 565 g/mol. The highest BCUT2D eigenvalue weighted by molar-refractivity contribution is 6.31. The van der Waals surface area contributed by atoms with Gasteiger partial charge in [0.05, 0.1) is 29.3 Å². The number of carbonyl (C=O) groups is 4. The molecule has 0 saturated carbocycles. The Balaban J connectivity index is 1.46. The van der Waals surface area contributed by atoms with Crippen molar-refractivity contribution in [3.8, 4) is 0 Å².